The van der Waals surface area contributed by atoms with Crippen molar-refractivity contribution in [2.45, 2.75) is 0 Å². The van der Waals surface area contributed by atoms with Gasteiger partial charge in [0.2, 0.25) is 0 Å². The molecule has 0 aliphatic heterocycles. The minimum absolute atomic E-state index is 0.865. The first-order valence-corrected chi connectivity index (χ1v) is 17.4. The Labute approximate surface area is 295 Å². The highest BCUT2D eigenvalue weighted by Gasteiger charge is 2.20. The van der Waals surface area contributed by atoms with Gasteiger partial charge >= 0.3 is 0 Å². The van der Waals surface area contributed by atoms with Crippen molar-refractivity contribution < 1.29 is 4.42 Å². The molecule has 2 heterocycles. The van der Waals surface area contributed by atoms with Crippen molar-refractivity contribution in [3.63, 3.8) is 0 Å². The lowest BCUT2D eigenvalue weighted by atomic mass is 10.00. The van der Waals surface area contributed by atoms with Crippen molar-refractivity contribution in [1.29, 1.82) is 0 Å². The predicted octanol–water partition coefficient (Wildman–Crippen LogP) is 13.5. The van der Waals surface area contributed by atoms with Gasteiger partial charge in [-0.3, -0.25) is 0 Å². The third-order valence-corrected chi connectivity index (χ3v) is 9.97. The van der Waals surface area contributed by atoms with E-state index in [0.717, 1.165) is 61.4 Å². The molecule has 10 rings (SSSR count). The smallest absolute Gasteiger partial charge is 0.137 e. The van der Waals surface area contributed by atoms with Crippen molar-refractivity contribution in [2.24, 2.45) is 0 Å². The number of fused-ring (bicyclic) bond motifs is 6. The van der Waals surface area contributed by atoms with Gasteiger partial charge in [0.05, 0.1) is 16.7 Å². The lowest BCUT2D eigenvalue weighted by molar-refractivity contribution is 0.669. The van der Waals surface area contributed by atoms with E-state index in [-0.39, 0.29) is 0 Å². The average molecular weight is 653 g/mol. The summed E-state index contributed by atoms with van der Waals surface area (Å²) in [6.07, 6.45) is 0. The van der Waals surface area contributed by atoms with Crippen LogP contribution < -0.4 is 4.90 Å². The van der Waals surface area contributed by atoms with Crippen molar-refractivity contribution in [3.8, 4) is 27.9 Å². The zero-order chi connectivity index (χ0) is 33.7. The molecule has 0 spiro atoms. The normalized spacial score (nSPS) is 11.5. The van der Waals surface area contributed by atoms with Crippen LogP contribution in [0.1, 0.15) is 0 Å². The van der Waals surface area contributed by atoms with Gasteiger partial charge in [-0.25, -0.2) is 0 Å². The number of benzene rings is 8. The molecule has 0 aliphatic rings. The van der Waals surface area contributed by atoms with Crippen molar-refractivity contribution in [1.82, 2.24) is 4.57 Å². The highest BCUT2D eigenvalue weighted by atomic mass is 16.3. The van der Waals surface area contributed by atoms with Gasteiger partial charge in [-0.05, 0) is 77.4 Å². The molecule has 2 aromatic heterocycles. The van der Waals surface area contributed by atoms with Crippen LogP contribution in [0.4, 0.5) is 17.1 Å². The summed E-state index contributed by atoms with van der Waals surface area (Å²) in [7, 11) is 0. The number of para-hydroxylation sites is 4. The van der Waals surface area contributed by atoms with Crippen molar-refractivity contribution in [2.75, 3.05) is 4.90 Å². The Morgan fingerprint density at radius 1 is 0.373 bits per heavy atom. The molecule has 3 heteroatoms. The Bertz CT molecular complexity index is 2830. The Morgan fingerprint density at radius 2 is 0.980 bits per heavy atom. The summed E-state index contributed by atoms with van der Waals surface area (Å²) < 4.78 is 8.80. The zero-order valence-corrected chi connectivity index (χ0v) is 27.8. The number of anilines is 3. The second-order valence-electron chi connectivity index (χ2n) is 13.0. The van der Waals surface area contributed by atoms with Crippen LogP contribution in [0, 0.1) is 0 Å². The molecule has 3 nitrogen and oxygen atoms in total. The van der Waals surface area contributed by atoms with Gasteiger partial charge in [-0.2, -0.15) is 0 Å². The Morgan fingerprint density at radius 3 is 1.80 bits per heavy atom. The first-order valence-electron chi connectivity index (χ1n) is 17.4. The number of furan rings is 1. The maximum Gasteiger partial charge on any atom is 0.137 e. The van der Waals surface area contributed by atoms with Gasteiger partial charge < -0.3 is 13.9 Å². The second-order valence-corrected chi connectivity index (χ2v) is 13.0. The minimum atomic E-state index is 0.865. The number of hydrogen-bond donors (Lipinski definition) is 0. The Kier molecular flexibility index (Phi) is 6.81. The van der Waals surface area contributed by atoms with Gasteiger partial charge in [0, 0.05) is 50.2 Å². The maximum atomic E-state index is 6.42. The summed E-state index contributed by atoms with van der Waals surface area (Å²) in [5, 5.41) is 4.74. The molecule has 0 unspecified atom stereocenters. The van der Waals surface area contributed by atoms with Crippen LogP contribution in [0.2, 0.25) is 0 Å². The summed E-state index contributed by atoms with van der Waals surface area (Å²) in [6, 6.07) is 69.2. The average Bonchev–Trinajstić information content (AvgIpc) is 3.74. The number of rotatable bonds is 6. The molecule has 0 aliphatic carbocycles. The van der Waals surface area contributed by atoms with E-state index in [2.05, 4.69) is 191 Å². The summed E-state index contributed by atoms with van der Waals surface area (Å²) in [6.45, 7) is 0. The van der Waals surface area contributed by atoms with Gasteiger partial charge in [-0.1, -0.05) is 127 Å². The molecule has 0 saturated carbocycles. The highest BCUT2D eigenvalue weighted by Crippen LogP contribution is 2.44. The van der Waals surface area contributed by atoms with Crippen molar-refractivity contribution >= 4 is 60.8 Å². The van der Waals surface area contributed by atoms with Crippen LogP contribution in [0.5, 0.6) is 0 Å². The van der Waals surface area contributed by atoms with Gasteiger partial charge in [0.15, 0.2) is 0 Å². The van der Waals surface area contributed by atoms with Gasteiger partial charge in [-0.15, -0.1) is 0 Å². The summed E-state index contributed by atoms with van der Waals surface area (Å²) in [5.74, 6) is 0. The third kappa shape index (κ3) is 4.90. The molecule has 240 valence electrons. The van der Waals surface area contributed by atoms with Crippen LogP contribution in [0.25, 0.3) is 71.7 Å². The van der Waals surface area contributed by atoms with Crippen LogP contribution in [0.15, 0.2) is 199 Å². The second kappa shape index (κ2) is 11.9. The zero-order valence-electron chi connectivity index (χ0n) is 27.8. The molecular weight excluding hydrogens is 621 g/mol. The molecule has 8 aromatic carbocycles. The predicted molar refractivity (Wildman–Crippen MR) is 214 cm³/mol. The summed E-state index contributed by atoms with van der Waals surface area (Å²) in [4.78, 5) is 2.36. The number of nitrogens with zero attached hydrogens (tertiary/aromatic N) is 2. The van der Waals surface area contributed by atoms with Crippen LogP contribution in [-0.4, -0.2) is 4.57 Å². The van der Waals surface area contributed by atoms with E-state index < -0.39 is 0 Å². The topological polar surface area (TPSA) is 21.3 Å². The first-order chi connectivity index (χ1) is 25.3. The molecule has 0 saturated heterocycles. The number of hydrogen-bond acceptors (Lipinski definition) is 2. The quantitative estimate of drug-likeness (QED) is 0.178. The molecule has 51 heavy (non-hydrogen) atoms. The molecule has 0 fully saturated rings. The highest BCUT2D eigenvalue weighted by molar-refractivity contribution is 6.09. The Balaban J connectivity index is 1.18. The van der Waals surface area contributed by atoms with E-state index >= 15 is 0 Å². The Hall–Kier alpha value is -6.84. The SMILES string of the molecule is c1ccc(-c2cccc(N(c3ccc4c(c3)oc3ccccc34)c3ccccc3-c3cccc(-n4c5ccccc5c5ccccc54)c3)c2)cc1. The van der Waals surface area contributed by atoms with Crippen LogP contribution in [-0.2, 0) is 0 Å². The summed E-state index contributed by atoms with van der Waals surface area (Å²) >= 11 is 0. The van der Waals surface area contributed by atoms with Crippen LogP contribution in [0.3, 0.4) is 0 Å². The van der Waals surface area contributed by atoms with Gasteiger partial charge in [0.25, 0.3) is 0 Å². The lowest BCUT2D eigenvalue weighted by Gasteiger charge is -2.28. The van der Waals surface area contributed by atoms with E-state index in [4.69, 9.17) is 4.42 Å². The molecule has 0 bridgehead atoms. The monoisotopic (exact) mass is 652 g/mol. The fraction of sp³-hybridized carbons (Fsp3) is 0. The maximum absolute atomic E-state index is 6.42. The lowest BCUT2D eigenvalue weighted by Crippen LogP contribution is -2.11. The molecular formula is C48H32N2O. The third-order valence-electron chi connectivity index (χ3n) is 9.97. The van der Waals surface area contributed by atoms with E-state index in [1.54, 1.807) is 0 Å². The molecule has 0 atom stereocenters. The molecule has 0 amide bonds. The summed E-state index contributed by atoms with van der Waals surface area (Å²) in [5.41, 5.74) is 13.1. The molecule has 0 N–H and O–H groups in total. The van der Waals surface area contributed by atoms with E-state index in [0.29, 0.717) is 0 Å². The van der Waals surface area contributed by atoms with Crippen molar-refractivity contribution in [3.05, 3.63) is 194 Å². The van der Waals surface area contributed by atoms with Crippen LogP contribution >= 0.6 is 0 Å². The largest absolute Gasteiger partial charge is 0.456 e. The van der Waals surface area contributed by atoms with Gasteiger partial charge in [0.1, 0.15) is 11.2 Å². The first kappa shape index (κ1) is 29.1. The molecule has 10 aromatic rings. The minimum Gasteiger partial charge on any atom is -0.456 e. The molecule has 0 radical (unpaired) electrons. The fourth-order valence-electron chi connectivity index (χ4n) is 7.66. The fourth-order valence-corrected chi connectivity index (χ4v) is 7.66. The van der Waals surface area contributed by atoms with E-state index in [1.165, 1.54) is 27.4 Å². The van der Waals surface area contributed by atoms with E-state index in [9.17, 15) is 0 Å². The standard InChI is InChI=1S/C48H32N2O/c1-2-14-33(15-3-1)34-16-12-18-36(30-34)49(38-28-29-43-42-23-7-11-27-47(42)51-48(43)32-38)44-24-8-4-20-39(44)35-17-13-19-37(31-35)50-45-25-9-5-21-40(45)41-22-6-10-26-46(41)50/h1-32H. The van der Waals surface area contributed by atoms with E-state index in [1.807, 2.05) is 12.1 Å². The number of aromatic nitrogens is 1.